The number of hydrogen-bond acceptors (Lipinski definition) is 5. The molecule has 1 saturated heterocycles. The van der Waals surface area contributed by atoms with Crippen LogP contribution in [0, 0.1) is 0 Å². The van der Waals surface area contributed by atoms with Gasteiger partial charge in [0.1, 0.15) is 10.7 Å². The minimum absolute atomic E-state index is 0.169. The van der Waals surface area contributed by atoms with Gasteiger partial charge in [-0.25, -0.2) is 13.4 Å². The Bertz CT molecular complexity index is 544. The highest BCUT2D eigenvalue weighted by molar-refractivity contribution is 7.89. The molecule has 0 radical (unpaired) electrons. The van der Waals surface area contributed by atoms with Crippen molar-refractivity contribution < 1.29 is 13.2 Å². The third-order valence-electron chi connectivity index (χ3n) is 3.51. The molecule has 1 aromatic heterocycles. The monoisotopic (exact) mass is 285 g/mol. The Balaban J connectivity index is 2.27. The Labute approximate surface area is 113 Å². The third-order valence-corrected chi connectivity index (χ3v) is 5.34. The lowest BCUT2D eigenvalue weighted by Crippen LogP contribution is -2.49. The van der Waals surface area contributed by atoms with Gasteiger partial charge < -0.3 is 10.5 Å². The number of rotatable bonds is 3. The van der Waals surface area contributed by atoms with E-state index in [-0.39, 0.29) is 4.90 Å². The number of aromatic nitrogens is 1. The average molecular weight is 285 g/mol. The molecule has 1 unspecified atom stereocenters. The number of sulfonamides is 1. The maximum atomic E-state index is 12.5. The zero-order valence-corrected chi connectivity index (χ0v) is 12.0. The largest absolute Gasteiger partial charge is 0.384 e. The van der Waals surface area contributed by atoms with Crippen LogP contribution in [0.15, 0.2) is 23.2 Å². The molecule has 0 aliphatic carbocycles. The maximum absolute atomic E-state index is 12.5. The van der Waals surface area contributed by atoms with Crippen molar-refractivity contribution in [3.8, 4) is 0 Å². The van der Waals surface area contributed by atoms with Gasteiger partial charge in [0.05, 0.1) is 5.60 Å². The zero-order valence-electron chi connectivity index (χ0n) is 11.2. The van der Waals surface area contributed by atoms with Crippen LogP contribution in [0.4, 0.5) is 5.82 Å². The number of anilines is 1. The molecule has 2 rings (SSSR count). The fourth-order valence-electron chi connectivity index (χ4n) is 2.23. The minimum atomic E-state index is -3.52. The number of nitrogen functional groups attached to an aromatic ring is 1. The lowest BCUT2D eigenvalue weighted by atomic mass is 9.96. The Morgan fingerprint density at radius 3 is 2.79 bits per heavy atom. The van der Waals surface area contributed by atoms with Crippen LogP contribution < -0.4 is 5.73 Å². The van der Waals surface area contributed by atoms with Crippen molar-refractivity contribution in [2.75, 3.05) is 25.9 Å². The van der Waals surface area contributed by atoms with Gasteiger partial charge in [0.15, 0.2) is 0 Å². The van der Waals surface area contributed by atoms with Crippen LogP contribution in [-0.4, -0.2) is 43.5 Å². The van der Waals surface area contributed by atoms with Crippen molar-refractivity contribution in [1.82, 2.24) is 9.29 Å². The summed E-state index contributed by atoms with van der Waals surface area (Å²) >= 11 is 0. The molecule has 19 heavy (non-hydrogen) atoms. The number of hydrogen-bond donors (Lipinski definition) is 1. The first-order valence-electron chi connectivity index (χ1n) is 6.14. The minimum Gasteiger partial charge on any atom is -0.384 e. The summed E-state index contributed by atoms with van der Waals surface area (Å²) in [7, 11) is -1.91. The van der Waals surface area contributed by atoms with Gasteiger partial charge in [-0.15, -0.1) is 0 Å². The number of methoxy groups -OCH3 is 1. The molecule has 7 heteroatoms. The van der Waals surface area contributed by atoms with Gasteiger partial charge in [0.25, 0.3) is 0 Å². The van der Waals surface area contributed by atoms with Crippen molar-refractivity contribution >= 4 is 15.8 Å². The standard InChI is InChI=1S/C12H19N3O3S/c1-12(18-2)6-3-7-15(9-12)19(16,17)10-4-5-11(13)14-8-10/h4-5,8H,3,6-7,9H2,1-2H3,(H2,13,14). The Morgan fingerprint density at radius 2 is 2.21 bits per heavy atom. The van der Waals surface area contributed by atoms with E-state index in [4.69, 9.17) is 10.5 Å². The van der Waals surface area contributed by atoms with E-state index in [0.29, 0.717) is 18.9 Å². The van der Waals surface area contributed by atoms with Gasteiger partial charge in [-0.3, -0.25) is 0 Å². The quantitative estimate of drug-likeness (QED) is 0.890. The molecule has 106 valence electrons. The number of pyridine rings is 1. The van der Waals surface area contributed by atoms with Crippen LogP contribution in [0.2, 0.25) is 0 Å². The molecule has 1 aliphatic heterocycles. The second-order valence-electron chi connectivity index (χ2n) is 5.01. The first-order valence-corrected chi connectivity index (χ1v) is 7.58. The molecular weight excluding hydrogens is 266 g/mol. The third kappa shape index (κ3) is 2.88. The summed E-state index contributed by atoms with van der Waals surface area (Å²) in [5, 5.41) is 0. The molecule has 1 aliphatic rings. The van der Waals surface area contributed by atoms with Crippen molar-refractivity contribution in [3.63, 3.8) is 0 Å². The molecule has 1 atom stereocenters. The van der Waals surface area contributed by atoms with Gasteiger partial charge >= 0.3 is 0 Å². The van der Waals surface area contributed by atoms with Crippen molar-refractivity contribution in [2.45, 2.75) is 30.3 Å². The Hall–Kier alpha value is -1.18. The van der Waals surface area contributed by atoms with Crippen LogP contribution in [0.3, 0.4) is 0 Å². The highest BCUT2D eigenvalue weighted by Crippen LogP contribution is 2.28. The Kier molecular flexibility index (Phi) is 3.80. The van der Waals surface area contributed by atoms with Gasteiger partial charge in [-0.05, 0) is 31.9 Å². The first-order chi connectivity index (χ1) is 8.87. The van der Waals surface area contributed by atoms with Gasteiger partial charge in [0.2, 0.25) is 10.0 Å². The summed E-state index contributed by atoms with van der Waals surface area (Å²) in [6.07, 6.45) is 2.94. The average Bonchev–Trinajstić information content (AvgIpc) is 2.39. The van der Waals surface area contributed by atoms with Crippen molar-refractivity contribution in [1.29, 1.82) is 0 Å². The van der Waals surface area contributed by atoms with E-state index in [1.807, 2.05) is 6.92 Å². The number of piperidine rings is 1. The van der Waals surface area contributed by atoms with Crippen LogP contribution >= 0.6 is 0 Å². The fourth-order valence-corrected chi connectivity index (χ4v) is 3.76. The molecular formula is C12H19N3O3S. The molecule has 0 amide bonds. The van der Waals surface area contributed by atoms with E-state index in [9.17, 15) is 8.42 Å². The predicted molar refractivity (Wildman–Crippen MR) is 72.1 cm³/mol. The number of nitrogens with two attached hydrogens (primary N) is 1. The molecule has 1 fully saturated rings. The van der Waals surface area contributed by atoms with E-state index >= 15 is 0 Å². The van der Waals surface area contributed by atoms with Gasteiger partial charge in [-0.1, -0.05) is 0 Å². The van der Waals surface area contributed by atoms with E-state index in [1.54, 1.807) is 7.11 Å². The number of ether oxygens (including phenoxy) is 1. The summed E-state index contributed by atoms with van der Waals surface area (Å²) in [5.74, 6) is 0.305. The van der Waals surface area contributed by atoms with E-state index < -0.39 is 15.6 Å². The van der Waals surface area contributed by atoms with Crippen molar-refractivity contribution in [2.24, 2.45) is 0 Å². The molecule has 1 aromatic rings. The molecule has 2 heterocycles. The highest BCUT2D eigenvalue weighted by atomic mass is 32.2. The van der Waals surface area contributed by atoms with E-state index in [2.05, 4.69) is 4.98 Å². The lowest BCUT2D eigenvalue weighted by molar-refractivity contribution is -0.0319. The molecule has 0 saturated carbocycles. The molecule has 0 bridgehead atoms. The second-order valence-corrected chi connectivity index (χ2v) is 6.95. The number of nitrogens with zero attached hydrogens (tertiary/aromatic N) is 2. The van der Waals surface area contributed by atoms with E-state index in [1.165, 1.54) is 22.6 Å². The molecule has 0 spiro atoms. The van der Waals surface area contributed by atoms with Crippen molar-refractivity contribution in [3.05, 3.63) is 18.3 Å². The smallest absolute Gasteiger partial charge is 0.244 e. The summed E-state index contributed by atoms with van der Waals surface area (Å²) in [5.41, 5.74) is 5.05. The summed E-state index contributed by atoms with van der Waals surface area (Å²) in [4.78, 5) is 4.01. The normalized spacial score (nSPS) is 25.4. The summed E-state index contributed by atoms with van der Waals surface area (Å²) in [6, 6.07) is 2.97. The Morgan fingerprint density at radius 1 is 1.47 bits per heavy atom. The maximum Gasteiger partial charge on any atom is 0.244 e. The molecule has 2 N–H and O–H groups in total. The van der Waals surface area contributed by atoms with E-state index in [0.717, 1.165) is 12.8 Å². The molecule has 6 nitrogen and oxygen atoms in total. The van der Waals surface area contributed by atoms with Gasteiger partial charge in [-0.2, -0.15) is 4.31 Å². The van der Waals surface area contributed by atoms with Crippen LogP contribution in [0.25, 0.3) is 0 Å². The SMILES string of the molecule is COC1(C)CCCN(S(=O)(=O)c2ccc(N)nc2)C1. The summed E-state index contributed by atoms with van der Waals surface area (Å²) < 4.78 is 31.9. The first kappa shape index (κ1) is 14.2. The summed E-state index contributed by atoms with van der Waals surface area (Å²) in [6.45, 7) is 2.79. The van der Waals surface area contributed by atoms with Crippen LogP contribution in [0.5, 0.6) is 0 Å². The fraction of sp³-hybridized carbons (Fsp3) is 0.583. The highest BCUT2D eigenvalue weighted by Gasteiger charge is 2.37. The predicted octanol–water partition coefficient (Wildman–Crippen LogP) is 0.853. The topological polar surface area (TPSA) is 85.5 Å². The lowest BCUT2D eigenvalue weighted by Gasteiger charge is -2.38. The zero-order chi connectivity index (χ0) is 14.1. The van der Waals surface area contributed by atoms with Crippen LogP contribution in [-0.2, 0) is 14.8 Å². The van der Waals surface area contributed by atoms with Crippen LogP contribution in [0.1, 0.15) is 19.8 Å². The second kappa shape index (κ2) is 5.07. The molecule has 0 aromatic carbocycles. The van der Waals surface area contributed by atoms with Gasteiger partial charge in [0, 0.05) is 26.4 Å².